The van der Waals surface area contributed by atoms with E-state index >= 15 is 0 Å². The minimum atomic E-state index is -1.05. The zero-order valence-electron chi connectivity index (χ0n) is 11.7. The van der Waals surface area contributed by atoms with Gasteiger partial charge in [0, 0.05) is 6.61 Å². The molecular weight excluding hydrogens is 236 g/mol. The van der Waals surface area contributed by atoms with E-state index < -0.39 is 23.5 Å². The zero-order chi connectivity index (χ0) is 14.3. The maximum Gasteiger partial charge on any atom is 0.326 e. The van der Waals surface area contributed by atoms with Crippen LogP contribution >= 0.6 is 0 Å². The molecule has 0 aromatic heterocycles. The first-order valence-corrected chi connectivity index (χ1v) is 6.06. The van der Waals surface area contributed by atoms with Gasteiger partial charge in [0.1, 0.15) is 6.04 Å². The third-order valence-corrected chi connectivity index (χ3v) is 2.34. The van der Waals surface area contributed by atoms with Crippen LogP contribution in [0.15, 0.2) is 0 Å². The largest absolute Gasteiger partial charge is 0.480 e. The van der Waals surface area contributed by atoms with Crippen LogP contribution in [0.1, 0.15) is 34.6 Å². The molecular formula is C12H24N2O4. The summed E-state index contributed by atoms with van der Waals surface area (Å²) in [5, 5.41) is 14.2. The summed E-state index contributed by atoms with van der Waals surface area (Å²) in [6.45, 7) is 9.92. The Morgan fingerprint density at radius 1 is 1.28 bits per heavy atom. The molecule has 0 aromatic rings. The van der Waals surface area contributed by atoms with Gasteiger partial charge in [0.25, 0.3) is 0 Å². The number of urea groups is 1. The molecule has 18 heavy (non-hydrogen) atoms. The second-order valence-electron chi connectivity index (χ2n) is 5.32. The average Bonchev–Trinajstić information content (AvgIpc) is 2.21. The van der Waals surface area contributed by atoms with Gasteiger partial charge in [-0.15, -0.1) is 0 Å². The van der Waals surface area contributed by atoms with Crippen molar-refractivity contribution >= 4 is 12.0 Å². The molecule has 2 amide bonds. The van der Waals surface area contributed by atoms with Crippen LogP contribution in [0.2, 0.25) is 0 Å². The number of carbonyl (C=O) groups is 2. The molecule has 6 nitrogen and oxygen atoms in total. The van der Waals surface area contributed by atoms with Crippen molar-refractivity contribution in [1.29, 1.82) is 0 Å². The molecule has 0 aliphatic carbocycles. The third kappa shape index (κ3) is 6.44. The number of carboxylic acid groups (broad SMARTS) is 1. The van der Waals surface area contributed by atoms with Gasteiger partial charge in [-0.3, -0.25) is 0 Å². The molecule has 2 unspecified atom stereocenters. The predicted octanol–water partition coefficient (Wildman–Crippen LogP) is 1.21. The van der Waals surface area contributed by atoms with Gasteiger partial charge >= 0.3 is 12.0 Å². The van der Waals surface area contributed by atoms with Gasteiger partial charge in [-0.1, -0.05) is 20.8 Å². The van der Waals surface area contributed by atoms with E-state index in [4.69, 9.17) is 9.84 Å². The monoisotopic (exact) mass is 260 g/mol. The van der Waals surface area contributed by atoms with Gasteiger partial charge in [0.15, 0.2) is 0 Å². The Kier molecular flexibility index (Phi) is 6.68. The Bertz CT molecular complexity index is 286. The van der Waals surface area contributed by atoms with Crippen molar-refractivity contribution < 1.29 is 19.4 Å². The lowest BCUT2D eigenvalue weighted by atomic mass is 9.87. The Balaban J connectivity index is 4.31. The molecule has 0 heterocycles. The van der Waals surface area contributed by atoms with Crippen molar-refractivity contribution in [2.75, 3.05) is 13.2 Å². The highest BCUT2D eigenvalue weighted by Crippen LogP contribution is 2.19. The summed E-state index contributed by atoms with van der Waals surface area (Å²) in [7, 11) is 0. The lowest BCUT2D eigenvalue weighted by Gasteiger charge is -2.28. The van der Waals surface area contributed by atoms with Crippen LogP contribution in [0.3, 0.4) is 0 Å². The maximum absolute atomic E-state index is 11.6. The first kappa shape index (κ1) is 16.7. The number of ether oxygens (including phenoxy) is 1. The lowest BCUT2D eigenvalue weighted by molar-refractivity contribution is -0.141. The number of hydrogen-bond donors (Lipinski definition) is 3. The second-order valence-corrected chi connectivity index (χ2v) is 5.32. The highest BCUT2D eigenvalue weighted by Gasteiger charge is 2.32. The van der Waals surface area contributed by atoms with E-state index in [0.717, 1.165) is 0 Å². The number of aliphatic carboxylic acids is 1. The quantitative estimate of drug-likeness (QED) is 0.670. The topological polar surface area (TPSA) is 87.7 Å². The van der Waals surface area contributed by atoms with Crippen LogP contribution < -0.4 is 10.6 Å². The van der Waals surface area contributed by atoms with Gasteiger partial charge < -0.3 is 20.5 Å². The van der Waals surface area contributed by atoms with Crippen molar-refractivity contribution in [3.8, 4) is 0 Å². The predicted molar refractivity (Wildman–Crippen MR) is 68.5 cm³/mol. The molecule has 0 spiro atoms. The van der Waals surface area contributed by atoms with Crippen LogP contribution in [0.4, 0.5) is 4.79 Å². The molecule has 0 aromatic carbocycles. The van der Waals surface area contributed by atoms with Gasteiger partial charge in [-0.05, 0) is 19.3 Å². The molecule has 0 aliphatic heterocycles. The Morgan fingerprint density at radius 2 is 1.83 bits per heavy atom. The van der Waals surface area contributed by atoms with Gasteiger partial charge in [-0.2, -0.15) is 0 Å². The number of rotatable bonds is 6. The number of nitrogens with one attached hydrogen (secondary N) is 2. The number of hydrogen-bond acceptors (Lipinski definition) is 3. The second kappa shape index (κ2) is 7.20. The molecule has 3 N–H and O–H groups in total. The van der Waals surface area contributed by atoms with Crippen LogP contribution in [0.5, 0.6) is 0 Å². The number of amides is 2. The SMILES string of the molecule is CCOCC(C)NC(=O)NC(C(=O)O)C(C)(C)C. The Labute approximate surface area is 108 Å². The summed E-state index contributed by atoms with van der Waals surface area (Å²) in [6.07, 6.45) is 0. The lowest BCUT2D eigenvalue weighted by Crippen LogP contribution is -2.54. The first-order valence-electron chi connectivity index (χ1n) is 6.06. The summed E-state index contributed by atoms with van der Waals surface area (Å²) in [5.74, 6) is -1.05. The van der Waals surface area contributed by atoms with E-state index in [2.05, 4.69) is 10.6 Å². The smallest absolute Gasteiger partial charge is 0.326 e. The fourth-order valence-electron chi connectivity index (χ4n) is 1.38. The summed E-state index contributed by atoms with van der Waals surface area (Å²) in [5.41, 5.74) is -0.549. The molecule has 0 fully saturated rings. The fraction of sp³-hybridized carbons (Fsp3) is 0.833. The van der Waals surface area contributed by atoms with E-state index in [-0.39, 0.29) is 6.04 Å². The maximum atomic E-state index is 11.6. The van der Waals surface area contributed by atoms with Gasteiger partial charge in [0.2, 0.25) is 0 Å². The van der Waals surface area contributed by atoms with Crippen LogP contribution in [0, 0.1) is 5.41 Å². The van der Waals surface area contributed by atoms with Crippen molar-refractivity contribution in [2.45, 2.75) is 46.7 Å². The summed E-state index contributed by atoms with van der Waals surface area (Å²) >= 11 is 0. The van der Waals surface area contributed by atoms with Crippen molar-refractivity contribution in [2.24, 2.45) is 5.41 Å². The Hall–Kier alpha value is -1.30. The summed E-state index contributed by atoms with van der Waals surface area (Å²) < 4.78 is 5.16. The van der Waals surface area contributed by atoms with Crippen molar-refractivity contribution in [1.82, 2.24) is 10.6 Å². The molecule has 0 saturated carbocycles. The van der Waals surface area contributed by atoms with Crippen LogP contribution in [0.25, 0.3) is 0 Å². The zero-order valence-corrected chi connectivity index (χ0v) is 11.7. The molecule has 106 valence electrons. The minimum absolute atomic E-state index is 0.167. The van der Waals surface area contributed by atoms with E-state index in [1.54, 1.807) is 27.7 Å². The van der Waals surface area contributed by atoms with Crippen molar-refractivity contribution in [3.05, 3.63) is 0 Å². The van der Waals surface area contributed by atoms with E-state index in [1.165, 1.54) is 0 Å². The minimum Gasteiger partial charge on any atom is -0.480 e. The molecule has 0 saturated heterocycles. The number of carboxylic acids is 1. The molecule has 0 bridgehead atoms. The molecule has 2 atom stereocenters. The van der Waals surface area contributed by atoms with Crippen LogP contribution in [-0.4, -0.2) is 42.4 Å². The van der Waals surface area contributed by atoms with Gasteiger partial charge in [-0.25, -0.2) is 9.59 Å². The summed E-state index contributed by atoms with van der Waals surface area (Å²) in [6, 6.07) is -1.60. The highest BCUT2D eigenvalue weighted by atomic mass is 16.5. The van der Waals surface area contributed by atoms with Gasteiger partial charge in [0.05, 0.1) is 12.6 Å². The normalized spacial score (nSPS) is 14.7. The number of carbonyl (C=O) groups excluding carboxylic acids is 1. The van der Waals surface area contributed by atoms with E-state index in [9.17, 15) is 9.59 Å². The van der Waals surface area contributed by atoms with Crippen molar-refractivity contribution in [3.63, 3.8) is 0 Å². The average molecular weight is 260 g/mol. The van der Waals surface area contributed by atoms with E-state index in [1.807, 2.05) is 6.92 Å². The molecule has 0 rings (SSSR count). The molecule has 0 radical (unpaired) electrons. The standard InChI is InChI=1S/C12H24N2O4/c1-6-18-7-8(2)13-11(17)14-9(10(15)16)12(3,4)5/h8-9H,6-7H2,1-5H3,(H,15,16)(H2,13,14,17). The molecule has 6 heteroatoms. The van der Waals surface area contributed by atoms with E-state index in [0.29, 0.717) is 13.2 Å². The third-order valence-electron chi connectivity index (χ3n) is 2.34. The van der Waals surface area contributed by atoms with Crippen LogP contribution in [-0.2, 0) is 9.53 Å². The Morgan fingerprint density at radius 3 is 2.22 bits per heavy atom. The highest BCUT2D eigenvalue weighted by molar-refractivity contribution is 5.83. The summed E-state index contributed by atoms with van der Waals surface area (Å²) in [4.78, 5) is 22.7. The molecule has 0 aliphatic rings. The fourth-order valence-corrected chi connectivity index (χ4v) is 1.38. The first-order chi connectivity index (χ1) is 8.18.